The van der Waals surface area contributed by atoms with Crippen LogP contribution in [0.5, 0.6) is 0 Å². The number of fused-ring (bicyclic) bond motifs is 6. The highest BCUT2D eigenvalue weighted by Gasteiger charge is 2.50. The van der Waals surface area contributed by atoms with Gasteiger partial charge in [-0.2, -0.15) is 0 Å². The summed E-state index contributed by atoms with van der Waals surface area (Å²) in [5, 5.41) is 1.31. The lowest BCUT2D eigenvalue weighted by molar-refractivity contribution is 0.589. The summed E-state index contributed by atoms with van der Waals surface area (Å²) in [6, 6.07) is 66.6. The van der Waals surface area contributed by atoms with Gasteiger partial charge >= 0.3 is 6.85 Å². The van der Waals surface area contributed by atoms with Crippen LogP contribution in [0.15, 0.2) is 170 Å². The minimum Gasteiger partial charge on any atom is -0.375 e. The van der Waals surface area contributed by atoms with Gasteiger partial charge in [0.2, 0.25) is 0 Å². The van der Waals surface area contributed by atoms with E-state index in [0.29, 0.717) is 0 Å². The topological polar surface area (TPSA) is 8.17 Å². The Morgan fingerprint density at radius 1 is 0.410 bits per heavy atom. The van der Waals surface area contributed by atoms with Gasteiger partial charge in [0.25, 0.3) is 0 Å². The first-order valence-electron chi connectivity index (χ1n) is 28.7. The van der Waals surface area contributed by atoms with Crippen molar-refractivity contribution in [2.75, 3.05) is 4.90 Å². The maximum absolute atomic E-state index is 2.83. The first-order valence-corrected chi connectivity index (χ1v) is 28.7. The molecule has 0 saturated carbocycles. The lowest BCUT2D eigenvalue weighted by atomic mass is 9.44. The summed E-state index contributed by atoms with van der Waals surface area (Å²) in [5.74, 6) is 0. The average Bonchev–Trinajstić information content (AvgIpc) is 3.61. The fourth-order valence-corrected chi connectivity index (χ4v) is 13.4. The van der Waals surface area contributed by atoms with Crippen LogP contribution in [-0.2, 0) is 32.5 Å². The van der Waals surface area contributed by atoms with E-state index in [1.165, 1.54) is 134 Å². The Morgan fingerprint density at radius 2 is 0.885 bits per heavy atom. The van der Waals surface area contributed by atoms with Gasteiger partial charge in [0, 0.05) is 50.2 Å². The van der Waals surface area contributed by atoms with Crippen LogP contribution in [0.1, 0.15) is 168 Å². The second-order valence-corrected chi connectivity index (χ2v) is 28.7. The van der Waals surface area contributed by atoms with Gasteiger partial charge in [0.1, 0.15) is 0 Å². The van der Waals surface area contributed by atoms with Gasteiger partial charge in [-0.25, -0.2) is 0 Å². The number of hydrogen-bond donors (Lipinski definition) is 0. The lowest BCUT2D eigenvalue weighted by Gasteiger charge is -2.44. The predicted molar refractivity (Wildman–Crippen MR) is 339 cm³/mol. The van der Waals surface area contributed by atoms with Crippen molar-refractivity contribution in [1.29, 1.82) is 0 Å². The first-order chi connectivity index (χ1) is 36.6. The SMILES string of the molecule is CC(C)(C)c1ccc(-c2c(-c3ccc(C(C)(C)C)cc3)n3c4c(cc(C(C)(C)C)cc24)-c2cc(C(C)(C)C)cc4c2B3c2ccc3c(c2N4c2ccc(C(C)(C)C)cc2)C(C)(C)C(c2ccccc2)=C3c2ccccc2)cc1. The molecule has 12 rings (SSSR count). The maximum Gasteiger partial charge on any atom is 0.333 e. The molecule has 0 saturated heterocycles. The first kappa shape index (κ1) is 51.7. The monoisotopic (exact) mass is 1020 g/mol. The zero-order valence-electron chi connectivity index (χ0n) is 49.6. The van der Waals surface area contributed by atoms with Gasteiger partial charge in [-0.05, 0) is 146 Å². The molecule has 0 radical (unpaired) electrons. The van der Waals surface area contributed by atoms with E-state index in [2.05, 4.69) is 297 Å². The van der Waals surface area contributed by atoms with Crippen LogP contribution in [0.3, 0.4) is 0 Å². The highest BCUT2D eigenvalue weighted by atomic mass is 15.2. The van der Waals surface area contributed by atoms with Crippen molar-refractivity contribution < 1.29 is 0 Å². The van der Waals surface area contributed by atoms with Crippen LogP contribution in [0.4, 0.5) is 17.1 Å². The third kappa shape index (κ3) is 8.11. The summed E-state index contributed by atoms with van der Waals surface area (Å²) in [4.78, 5) is 2.71. The van der Waals surface area contributed by atoms with E-state index in [-0.39, 0.29) is 33.9 Å². The zero-order chi connectivity index (χ0) is 55.4. The fourth-order valence-electron chi connectivity index (χ4n) is 13.4. The Balaban J connectivity index is 1.29. The normalized spacial score (nSPS) is 15.0. The number of aromatic nitrogens is 1. The van der Waals surface area contributed by atoms with Crippen molar-refractivity contribution in [2.45, 2.75) is 150 Å². The second-order valence-electron chi connectivity index (χ2n) is 28.7. The van der Waals surface area contributed by atoms with Crippen LogP contribution >= 0.6 is 0 Å². The van der Waals surface area contributed by atoms with Gasteiger partial charge in [-0.15, -0.1) is 0 Å². The number of anilines is 3. The molecule has 0 fully saturated rings. The number of rotatable bonds is 5. The largest absolute Gasteiger partial charge is 0.375 e. The van der Waals surface area contributed by atoms with Crippen LogP contribution in [0, 0.1) is 0 Å². The zero-order valence-corrected chi connectivity index (χ0v) is 49.6. The van der Waals surface area contributed by atoms with E-state index in [4.69, 9.17) is 0 Å². The third-order valence-corrected chi connectivity index (χ3v) is 17.7. The summed E-state index contributed by atoms with van der Waals surface area (Å²) in [6.45, 7) is 40.1. The highest BCUT2D eigenvalue weighted by Crippen LogP contribution is 2.59. The van der Waals surface area contributed by atoms with Crippen molar-refractivity contribution in [3.8, 4) is 33.5 Å². The molecule has 0 atom stereocenters. The molecule has 0 amide bonds. The lowest BCUT2D eigenvalue weighted by Crippen LogP contribution is -2.57. The Hall–Kier alpha value is -7.10. The van der Waals surface area contributed by atoms with E-state index in [9.17, 15) is 0 Å². The van der Waals surface area contributed by atoms with Crippen molar-refractivity contribution in [2.24, 2.45) is 0 Å². The molecule has 8 aromatic carbocycles. The second kappa shape index (κ2) is 17.5. The van der Waals surface area contributed by atoms with Crippen LogP contribution in [-0.4, -0.2) is 11.3 Å². The highest BCUT2D eigenvalue weighted by molar-refractivity contribution is 6.90. The molecule has 3 heteroatoms. The molecule has 2 aliphatic heterocycles. The molecule has 0 spiro atoms. The molecule has 2 nitrogen and oxygen atoms in total. The van der Waals surface area contributed by atoms with Gasteiger partial charge in [0.15, 0.2) is 0 Å². The molecule has 392 valence electrons. The number of nitrogens with zero attached hydrogens (tertiary/aromatic N) is 2. The molecule has 3 aliphatic rings. The van der Waals surface area contributed by atoms with Gasteiger partial charge < -0.3 is 9.38 Å². The predicted octanol–water partition coefficient (Wildman–Crippen LogP) is 19.1. The fraction of sp³-hybridized carbons (Fsp3) is 0.307. The quantitative estimate of drug-likeness (QED) is 0.156. The molecule has 1 aromatic heterocycles. The molecule has 0 N–H and O–H groups in total. The standard InChI is InChI=1S/C75H79BN2/c1-70(2,3)50-32-28-47(29-33-50)63-59-44-53(73(10,11)12)43-58-57-42-54(74(13,14)15)45-61-66(57)76(78(68(58)59)67(63)49-30-34-51(35-31-49)71(4,5)6)60-41-40-56-62(46-24-20-18-21-25-46)64(48-26-22-19-23-27-48)75(16,17)65(56)69(60)77(61)55-38-36-52(37-39-55)72(7,8)9/h18-45H,1-17H3. The Labute approximate surface area is 467 Å². The van der Waals surface area contributed by atoms with Gasteiger partial charge in [-0.3, -0.25) is 0 Å². The molecular formula is C75H79BN2. The smallest absolute Gasteiger partial charge is 0.333 e. The van der Waals surface area contributed by atoms with Crippen molar-refractivity contribution >= 4 is 56.9 Å². The van der Waals surface area contributed by atoms with E-state index >= 15 is 0 Å². The number of allylic oxidation sites excluding steroid dienone is 1. The number of benzene rings is 8. The summed E-state index contributed by atoms with van der Waals surface area (Å²) in [6.07, 6.45) is 0. The molecule has 1 aliphatic carbocycles. The number of hydrogen-bond acceptors (Lipinski definition) is 1. The Bertz CT molecular complexity index is 3880. The minimum absolute atomic E-state index is 0.00238. The Morgan fingerprint density at radius 3 is 1.41 bits per heavy atom. The van der Waals surface area contributed by atoms with Crippen molar-refractivity contribution in [1.82, 2.24) is 4.48 Å². The van der Waals surface area contributed by atoms with E-state index in [0.717, 1.165) is 0 Å². The van der Waals surface area contributed by atoms with Crippen LogP contribution in [0.2, 0.25) is 0 Å². The van der Waals surface area contributed by atoms with E-state index in [1.54, 1.807) is 0 Å². The molecule has 0 unspecified atom stereocenters. The van der Waals surface area contributed by atoms with E-state index in [1.807, 2.05) is 0 Å². The summed E-state index contributed by atoms with van der Waals surface area (Å²) in [5.41, 5.74) is 29.3. The summed E-state index contributed by atoms with van der Waals surface area (Å²) < 4.78 is 2.83. The third-order valence-electron chi connectivity index (χ3n) is 17.7. The molecule has 3 heterocycles. The summed E-state index contributed by atoms with van der Waals surface area (Å²) in [7, 11) is 0. The molecule has 78 heavy (non-hydrogen) atoms. The molecule has 0 bridgehead atoms. The van der Waals surface area contributed by atoms with Crippen molar-refractivity contribution in [3.63, 3.8) is 0 Å². The Kier molecular flexibility index (Phi) is 11.6. The average molecular weight is 1020 g/mol. The molecule has 9 aromatic rings. The van der Waals surface area contributed by atoms with Crippen LogP contribution < -0.4 is 15.8 Å². The molecular weight excluding hydrogens is 940 g/mol. The van der Waals surface area contributed by atoms with Gasteiger partial charge in [0.05, 0.1) is 0 Å². The van der Waals surface area contributed by atoms with Crippen LogP contribution in [0.25, 0.3) is 55.6 Å². The van der Waals surface area contributed by atoms with Gasteiger partial charge in [-0.1, -0.05) is 257 Å². The minimum atomic E-state index is -0.412. The maximum atomic E-state index is 2.83. The van der Waals surface area contributed by atoms with Crippen molar-refractivity contribution in [3.05, 3.63) is 220 Å². The summed E-state index contributed by atoms with van der Waals surface area (Å²) >= 11 is 0. The van der Waals surface area contributed by atoms with E-state index < -0.39 is 5.41 Å².